The molecule has 0 spiro atoms. The summed E-state index contributed by atoms with van der Waals surface area (Å²) in [5.41, 5.74) is 0.0894. The summed E-state index contributed by atoms with van der Waals surface area (Å²) >= 11 is 0. The lowest BCUT2D eigenvalue weighted by molar-refractivity contribution is -0.0509. The minimum Gasteiger partial charge on any atom is -0.489 e. The number of allylic oxidation sites excluding steroid dienone is 1. The van der Waals surface area contributed by atoms with Crippen LogP contribution in [-0.4, -0.2) is 28.5 Å². The molecule has 2 rings (SSSR count). The molecule has 0 radical (unpaired) electrons. The van der Waals surface area contributed by atoms with E-state index in [1.54, 1.807) is 26.0 Å². The average molecular weight is 332 g/mol. The number of rotatable bonds is 7. The Balaban J connectivity index is 1.90. The second-order valence-electron chi connectivity index (χ2n) is 6.52. The van der Waals surface area contributed by atoms with Gasteiger partial charge in [-0.1, -0.05) is 5.57 Å². The molecule has 5 heteroatoms. The van der Waals surface area contributed by atoms with Crippen LogP contribution in [-0.2, 0) is 0 Å². The molecule has 1 unspecified atom stereocenters. The first-order valence-corrected chi connectivity index (χ1v) is 7.98. The van der Waals surface area contributed by atoms with Crippen LogP contribution in [0, 0.1) is 0 Å². The number of aliphatic hydroxyl groups is 2. The third kappa shape index (κ3) is 5.22. The van der Waals surface area contributed by atoms with Crippen LogP contribution < -0.4 is 10.4 Å². The maximum Gasteiger partial charge on any atom is 0.336 e. The fourth-order valence-corrected chi connectivity index (χ4v) is 2.23. The number of benzene rings is 1. The van der Waals surface area contributed by atoms with Crippen LogP contribution in [0.25, 0.3) is 11.0 Å². The third-order valence-electron chi connectivity index (χ3n) is 3.90. The van der Waals surface area contributed by atoms with E-state index in [-0.39, 0.29) is 5.63 Å². The summed E-state index contributed by atoms with van der Waals surface area (Å²) in [5, 5.41) is 20.4. The lowest BCUT2D eigenvalue weighted by atomic mass is 9.96. The predicted molar refractivity (Wildman–Crippen MR) is 93.3 cm³/mol. The topological polar surface area (TPSA) is 79.9 Å². The molecule has 1 atom stereocenters. The Morgan fingerprint density at radius 1 is 1.33 bits per heavy atom. The fraction of sp³-hybridized carbons (Fsp3) is 0.421. The minimum atomic E-state index is -1.09. The van der Waals surface area contributed by atoms with Gasteiger partial charge in [0, 0.05) is 17.5 Å². The molecule has 0 aliphatic carbocycles. The molecule has 130 valence electrons. The Morgan fingerprint density at radius 2 is 2.04 bits per heavy atom. The van der Waals surface area contributed by atoms with Gasteiger partial charge in [-0.3, -0.25) is 0 Å². The molecule has 24 heavy (non-hydrogen) atoms. The van der Waals surface area contributed by atoms with E-state index in [1.807, 2.05) is 25.1 Å². The Labute approximate surface area is 141 Å². The molecule has 0 saturated heterocycles. The van der Waals surface area contributed by atoms with Crippen LogP contribution in [0.5, 0.6) is 5.75 Å². The van der Waals surface area contributed by atoms with Crippen molar-refractivity contribution in [2.45, 2.75) is 45.3 Å². The van der Waals surface area contributed by atoms with E-state index in [0.717, 1.165) is 11.0 Å². The van der Waals surface area contributed by atoms with E-state index in [2.05, 4.69) is 0 Å². The lowest BCUT2D eigenvalue weighted by Crippen LogP contribution is -2.35. The lowest BCUT2D eigenvalue weighted by Gasteiger charge is -2.24. The van der Waals surface area contributed by atoms with Gasteiger partial charge in [-0.2, -0.15) is 0 Å². The van der Waals surface area contributed by atoms with Crippen LogP contribution in [0.2, 0.25) is 0 Å². The molecule has 2 aromatic rings. The van der Waals surface area contributed by atoms with Gasteiger partial charge in [0.1, 0.15) is 17.9 Å². The molecule has 0 bridgehead atoms. The highest BCUT2D eigenvalue weighted by atomic mass is 16.5. The normalized spacial score (nSPS) is 14.0. The van der Waals surface area contributed by atoms with Crippen molar-refractivity contribution < 1.29 is 19.4 Å². The van der Waals surface area contributed by atoms with E-state index in [4.69, 9.17) is 9.15 Å². The van der Waals surface area contributed by atoms with Gasteiger partial charge in [0.2, 0.25) is 0 Å². The predicted octanol–water partition coefficient (Wildman–Crippen LogP) is 3.03. The van der Waals surface area contributed by atoms with Crippen molar-refractivity contribution in [2.24, 2.45) is 0 Å². The highest BCUT2D eigenvalue weighted by Crippen LogP contribution is 2.20. The van der Waals surface area contributed by atoms with Crippen molar-refractivity contribution in [2.75, 3.05) is 6.61 Å². The Morgan fingerprint density at radius 3 is 2.75 bits per heavy atom. The molecule has 0 amide bonds. The van der Waals surface area contributed by atoms with E-state index < -0.39 is 11.7 Å². The summed E-state index contributed by atoms with van der Waals surface area (Å²) in [6, 6.07) is 8.45. The first-order chi connectivity index (χ1) is 11.3. The standard InChI is InChI=1S/C19H24O5/c1-13(4-8-17(20)19(2,3)22)10-11-23-15-7-5-14-6-9-18(21)24-16(14)12-15/h5-7,9-10,12,17,20,22H,4,8,11H2,1-3H3/b13-10+. The van der Waals surface area contributed by atoms with Gasteiger partial charge in [0.25, 0.3) is 0 Å². The zero-order valence-corrected chi connectivity index (χ0v) is 14.3. The van der Waals surface area contributed by atoms with Gasteiger partial charge in [0.05, 0.1) is 11.7 Å². The van der Waals surface area contributed by atoms with Crippen molar-refractivity contribution in [3.05, 3.63) is 52.4 Å². The average Bonchev–Trinajstić information content (AvgIpc) is 2.51. The van der Waals surface area contributed by atoms with Crippen LogP contribution in [0.1, 0.15) is 33.6 Å². The second-order valence-corrected chi connectivity index (χ2v) is 6.52. The molecular formula is C19H24O5. The number of hydrogen-bond donors (Lipinski definition) is 2. The van der Waals surface area contributed by atoms with Crippen LogP contribution in [0.3, 0.4) is 0 Å². The van der Waals surface area contributed by atoms with Gasteiger partial charge in [-0.05, 0) is 57.9 Å². The quantitative estimate of drug-likeness (QED) is 0.602. The Bertz CT molecular complexity index is 767. The molecule has 0 saturated carbocycles. The number of hydrogen-bond acceptors (Lipinski definition) is 5. The van der Waals surface area contributed by atoms with Gasteiger partial charge in [-0.15, -0.1) is 0 Å². The van der Waals surface area contributed by atoms with Gasteiger partial charge in [0.15, 0.2) is 0 Å². The third-order valence-corrected chi connectivity index (χ3v) is 3.90. The first kappa shape index (κ1) is 18.2. The molecule has 0 aliphatic heterocycles. The monoisotopic (exact) mass is 332 g/mol. The zero-order valence-electron chi connectivity index (χ0n) is 14.3. The molecule has 0 fully saturated rings. The zero-order chi connectivity index (χ0) is 17.7. The van der Waals surface area contributed by atoms with Crippen LogP contribution in [0.4, 0.5) is 0 Å². The smallest absolute Gasteiger partial charge is 0.336 e. The van der Waals surface area contributed by atoms with E-state index in [1.165, 1.54) is 6.07 Å². The molecule has 2 N–H and O–H groups in total. The van der Waals surface area contributed by atoms with E-state index in [9.17, 15) is 15.0 Å². The minimum absolute atomic E-state index is 0.382. The molecular weight excluding hydrogens is 308 g/mol. The van der Waals surface area contributed by atoms with Crippen molar-refractivity contribution in [3.8, 4) is 5.75 Å². The maximum atomic E-state index is 11.2. The second kappa shape index (κ2) is 7.64. The summed E-state index contributed by atoms with van der Waals surface area (Å²) in [6.45, 7) is 5.53. The van der Waals surface area contributed by atoms with Crippen molar-refractivity contribution in [3.63, 3.8) is 0 Å². The van der Waals surface area contributed by atoms with Crippen molar-refractivity contribution in [1.29, 1.82) is 0 Å². The van der Waals surface area contributed by atoms with E-state index >= 15 is 0 Å². The molecule has 5 nitrogen and oxygen atoms in total. The van der Waals surface area contributed by atoms with E-state index in [0.29, 0.717) is 30.8 Å². The van der Waals surface area contributed by atoms with Crippen LogP contribution >= 0.6 is 0 Å². The summed E-state index contributed by atoms with van der Waals surface area (Å²) in [5.74, 6) is 0.623. The Hall–Kier alpha value is -2.11. The highest BCUT2D eigenvalue weighted by Gasteiger charge is 2.23. The summed E-state index contributed by atoms with van der Waals surface area (Å²) < 4.78 is 10.8. The first-order valence-electron chi connectivity index (χ1n) is 7.98. The Kier molecular flexibility index (Phi) is 5.80. The largest absolute Gasteiger partial charge is 0.489 e. The molecule has 0 aliphatic rings. The summed E-state index contributed by atoms with van der Waals surface area (Å²) in [6.07, 6.45) is 2.35. The molecule has 1 aromatic carbocycles. The SMILES string of the molecule is C/C(=C\COc1ccc2ccc(=O)oc2c1)CCC(O)C(C)(C)O. The number of fused-ring (bicyclic) bond motifs is 1. The summed E-state index contributed by atoms with van der Waals surface area (Å²) in [7, 11) is 0. The molecule has 1 aromatic heterocycles. The highest BCUT2D eigenvalue weighted by molar-refractivity contribution is 5.77. The van der Waals surface area contributed by atoms with Crippen molar-refractivity contribution in [1.82, 2.24) is 0 Å². The van der Waals surface area contributed by atoms with Crippen LogP contribution in [0.15, 0.2) is 51.2 Å². The summed E-state index contributed by atoms with van der Waals surface area (Å²) in [4.78, 5) is 11.2. The number of ether oxygens (including phenoxy) is 1. The molecule has 1 heterocycles. The number of aliphatic hydroxyl groups excluding tert-OH is 1. The van der Waals surface area contributed by atoms with Crippen molar-refractivity contribution >= 4 is 11.0 Å². The maximum absolute atomic E-state index is 11.2. The van der Waals surface area contributed by atoms with Gasteiger partial charge >= 0.3 is 5.63 Å². The van der Waals surface area contributed by atoms with Gasteiger partial charge < -0.3 is 19.4 Å². The fourth-order valence-electron chi connectivity index (χ4n) is 2.23. The van der Waals surface area contributed by atoms with Gasteiger partial charge in [-0.25, -0.2) is 4.79 Å².